The first kappa shape index (κ1) is 13.1. The van der Waals surface area contributed by atoms with Gasteiger partial charge in [0.05, 0.1) is 5.60 Å². The molecule has 0 saturated carbocycles. The zero-order valence-corrected chi connectivity index (χ0v) is 11.4. The Morgan fingerprint density at radius 3 is 2.94 bits per heavy atom. The van der Waals surface area contributed by atoms with E-state index in [1.54, 1.807) is 0 Å². The van der Waals surface area contributed by atoms with Crippen LogP contribution in [-0.2, 0) is 4.74 Å². The van der Waals surface area contributed by atoms with Crippen molar-refractivity contribution in [2.75, 3.05) is 30.3 Å². The van der Waals surface area contributed by atoms with Gasteiger partial charge in [0.2, 0.25) is 5.95 Å². The Morgan fingerprint density at radius 1 is 1.44 bits per heavy atom. The smallest absolute Gasteiger partial charge is 0.224 e. The second-order valence-corrected chi connectivity index (χ2v) is 5.01. The van der Waals surface area contributed by atoms with E-state index in [9.17, 15) is 0 Å². The van der Waals surface area contributed by atoms with Gasteiger partial charge in [0.25, 0.3) is 0 Å². The molecule has 0 spiro atoms. The van der Waals surface area contributed by atoms with Crippen molar-refractivity contribution in [1.82, 2.24) is 9.97 Å². The molecule has 5 nitrogen and oxygen atoms in total. The average molecular weight is 250 g/mol. The van der Waals surface area contributed by atoms with Crippen LogP contribution in [0.25, 0.3) is 0 Å². The van der Waals surface area contributed by atoms with Gasteiger partial charge in [-0.25, -0.2) is 4.98 Å². The minimum Gasteiger partial charge on any atom is -0.373 e. The lowest BCUT2D eigenvalue weighted by Crippen LogP contribution is -2.33. The molecule has 0 bridgehead atoms. The van der Waals surface area contributed by atoms with Crippen LogP contribution < -0.4 is 10.6 Å². The zero-order valence-electron chi connectivity index (χ0n) is 11.4. The maximum atomic E-state index is 5.76. The van der Waals surface area contributed by atoms with Gasteiger partial charge in [-0.3, -0.25) is 0 Å². The third kappa shape index (κ3) is 3.10. The number of aromatic nitrogens is 2. The molecular weight excluding hydrogens is 228 g/mol. The number of hydrogen-bond acceptors (Lipinski definition) is 5. The molecule has 1 aromatic rings. The Bertz CT molecular complexity index is 402. The molecule has 0 amide bonds. The summed E-state index contributed by atoms with van der Waals surface area (Å²) in [7, 11) is 0. The monoisotopic (exact) mass is 250 g/mol. The summed E-state index contributed by atoms with van der Waals surface area (Å²) in [5.41, 5.74) is 0.994. The Kier molecular flexibility index (Phi) is 4.01. The lowest BCUT2D eigenvalue weighted by atomic mass is 10.0. The highest BCUT2D eigenvalue weighted by Crippen LogP contribution is 2.25. The van der Waals surface area contributed by atoms with E-state index in [0.29, 0.717) is 5.95 Å². The molecule has 0 radical (unpaired) electrons. The summed E-state index contributed by atoms with van der Waals surface area (Å²) >= 11 is 0. The largest absolute Gasteiger partial charge is 0.373 e. The van der Waals surface area contributed by atoms with Gasteiger partial charge < -0.3 is 15.4 Å². The van der Waals surface area contributed by atoms with Gasteiger partial charge >= 0.3 is 0 Å². The van der Waals surface area contributed by atoms with E-state index in [4.69, 9.17) is 4.74 Å². The average Bonchev–Trinajstić information content (AvgIpc) is 2.78. The van der Waals surface area contributed by atoms with Crippen LogP contribution >= 0.6 is 0 Å². The van der Waals surface area contributed by atoms with E-state index in [0.717, 1.165) is 43.9 Å². The van der Waals surface area contributed by atoms with E-state index >= 15 is 0 Å². The predicted octanol–water partition coefficient (Wildman–Crippen LogP) is 2.20. The van der Waals surface area contributed by atoms with Crippen LogP contribution in [-0.4, -0.2) is 35.3 Å². The van der Waals surface area contributed by atoms with Gasteiger partial charge in [0.15, 0.2) is 0 Å². The molecule has 1 aromatic heterocycles. The van der Waals surface area contributed by atoms with Gasteiger partial charge in [-0.1, -0.05) is 0 Å². The van der Waals surface area contributed by atoms with Gasteiger partial charge in [-0.05, 0) is 33.6 Å². The van der Waals surface area contributed by atoms with Crippen LogP contribution in [0.2, 0.25) is 0 Å². The molecule has 1 atom stereocenters. The molecule has 2 N–H and O–H groups in total. The number of ether oxygens (including phenoxy) is 1. The van der Waals surface area contributed by atoms with Crippen LogP contribution in [0.15, 0.2) is 6.20 Å². The highest BCUT2D eigenvalue weighted by atomic mass is 16.5. The topological polar surface area (TPSA) is 59.1 Å². The number of hydrogen-bond donors (Lipinski definition) is 2. The van der Waals surface area contributed by atoms with Crippen molar-refractivity contribution < 1.29 is 4.74 Å². The Balaban J connectivity index is 2.01. The number of rotatable bonds is 5. The molecule has 1 saturated heterocycles. The molecule has 5 heteroatoms. The summed E-state index contributed by atoms with van der Waals surface area (Å²) in [6, 6.07) is 0. The standard InChI is InChI=1S/C13H22N4O/c1-4-14-12-15-8-10(2)11(17-12)16-9-13(3)6-5-7-18-13/h8H,4-7,9H2,1-3H3,(H2,14,15,16,17). The van der Waals surface area contributed by atoms with Gasteiger partial charge in [-0.2, -0.15) is 4.98 Å². The summed E-state index contributed by atoms with van der Waals surface area (Å²) in [5.74, 6) is 1.56. The molecule has 1 aliphatic heterocycles. The fourth-order valence-electron chi connectivity index (χ4n) is 2.11. The molecule has 1 aliphatic rings. The first-order chi connectivity index (χ1) is 8.63. The molecule has 100 valence electrons. The van der Waals surface area contributed by atoms with Crippen molar-refractivity contribution in [2.45, 2.75) is 39.2 Å². The van der Waals surface area contributed by atoms with E-state index < -0.39 is 0 Å². The van der Waals surface area contributed by atoms with E-state index in [1.165, 1.54) is 0 Å². The van der Waals surface area contributed by atoms with Crippen LogP contribution in [0.5, 0.6) is 0 Å². The molecule has 2 heterocycles. The second-order valence-electron chi connectivity index (χ2n) is 5.01. The second kappa shape index (κ2) is 5.52. The van der Waals surface area contributed by atoms with Crippen molar-refractivity contribution >= 4 is 11.8 Å². The van der Waals surface area contributed by atoms with Crippen molar-refractivity contribution in [3.8, 4) is 0 Å². The van der Waals surface area contributed by atoms with Crippen LogP contribution in [0, 0.1) is 6.92 Å². The molecule has 18 heavy (non-hydrogen) atoms. The zero-order chi connectivity index (χ0) is 13.0. The predicted molar refractivity (Wildman–Crippen MR) is 73.0 cm³/mol. The maximum absolute atomic E-state index is 5.76. The molecule has 0 aromatic carbocycles. The van der Waals surface area contributed by atoms with E-state index in [-0.39, 0.29) is 5.60 Å². The number of nitrogens with zero attached hydrogens (tertiary/aromatic N) is 2. The molecule has 2 rings (SSSR count). The highest BCUT2D eigenvalue weighted by Gasteiger charge is 2.29. The van der Waals surface area contributed by atoms with Crippen molar-refractivity contribution in [3.05, 3.63) is 11.8 Å². The SMILES string of the molecule is CCNc1ncc(C)c(NCC2(C)CCCO2)n1. The van der Waals surface area contributed by atoms with Crippen molar-refractivity contribution in [3.63, 3.8) is 0 Å². The lowest BCUT2D eigenvalue weighted by Gasteiger charge is -2.24. The first-order valence-electron chi connectivity index (χ1n) is 6.58. The fraction of sp³-hybridized carbons (Fsp3) is 0.692. The summed E-state index contributed by atoms with van der Waals surface area (Å²) in [4.78, 5) is 8.70. The van der Waals surface area contributed by atoms with E-state index in [1.807, 2.05) is 20.0 Å². The van der Waals surface area contributed by atoms with Crippen LogP contribution in [0.3, 0.4) is 0 Å². The van der Waals surface area contributed by atoms with Gasteiger partial charge in [0, 0.05) is 31.5 Å². The number of anilines is 2. The van der Waals surface area contributed by atoms with Crippen LogP contribution in [0.1, 0.15) is 32.3 Å². The first-order valence-corrected chi connectivity index (χ1v) is 6.58. The molecule has 0 aliphatic carbocycles. The summed E-state index contributed by atoms with van der Waals surface area (Å²) < 4.78 is 5.76. The minimum atomic E-state index is -0.0598. The Morgan fingerprint density at radius 2 is 2.28 bits per heavy atom. The maximum Gasteiger partial charge on any atom is 0.224 e. The van der Waals surface area contributed by atoms with Gasteiger partial charge in [0.1, 0.15) is 5.82 Å². The summed E-state index contributed by atoms with van der Waals surface area (Å²) in [6.45, 7) is 8.66. The van der Waals surface area contributed by atoms with Crippen molar-refractivity contribution in [2.24, 2.45) is 0 Å². The highest BCUT2D eigenvalue weighted by molar-refractivity contribution is 5.46. The molecule has 1 unspecified atom stereocenters. The normalized spacial score (nSPS) is 23.1. The van der Waals surface area contributed by atoms with Crippen LogP contribution in [0.4, 0.5) is 11.8 Å². The molecule has 1 fully saturated rings. The Hall–Kier alpha value is -1.36. The fourth-order valence-corrected chi connectivity index (χ4v) is 2.11. The van der Waals surface area contributed by atoms with Gasteiger partial charge in [-0.15, -0.1) is 0 Å². The molecular formula is C13H22N4O. The quantitative estimate of drug-likeness (QED) is 0.839. The van der Waals surface area contributed by atoms with Crippen molar-refractivity contribution in [1.29, 1.82) is 0 Å². The number of nitrogens with one attached hydrogen (secondary N) is 2. The van der Waals surface area contributed by atoms with E-state index in [2.05, 4.69) is 27.5 Å². The summed E-state index contributed by atoms with van der Waals surface area (Å²) in [6.07, 6.45) is 4.08. The lowest BCUT2D eigenvalue weighted by molar-refractivity contribution is 0.0314. The Labute approximate surface area is 108 Å². The third-order valence-electron chi connectivity index (χ3n) is 3.24. The number of aryl methyl sites for hydroxylation is 1. The third-order valence-corrected chi connectivity index (χ3v) is 3.24. The minimum absolute atomic E-state index is 0.0598. The summed E-state index contributed by atoms with van der Waals surface area (Å²) in [5, 5.41) is 6.50.